The second-order valence-corrected chi connectivity index (χ2v) is 6.99. The van der Waals surface area contributed by atoms with E-state index >= 15 is 0 Å². The quantitative estimate of drug-likeness (QED) is 0.845. The lowest BCUT2D eigenvalue weighted by atomic mass is 10.0. The zero-order valence-corrected chi connectivity index (χ0v) is 13.2. The van der Waals surface area contributed by atoms with Crippen LogP contribution in [0.4, 0.5) is 0 Å². The Kier molecular flexibility index (Phi) is 4.25. The summed E-state index contributed by atoms with van der Waals surface area (Å²) in [6.45, 7) is 3.63. The third kappa shape index (κ3) is 2.97. The summed E-state index contributed by atoms with van der Waals surface area (Å²) in [5.74, 6) is -1.54. The van der Waals surface area contributed by atoms with Crippen molar-refractivity contribution in [3.63, 3.8) is 0 Å². The van der Waals surface area contributed by atoms with Gasteiger partial charge in [0.25, 0.3) is 5.91 Å². The highest BCUT2D eigenvalue weighted by molar-refractivity contribution is 7.89. The maximum atomic E-state index is 12.5. The van der Waals surface area contributed by atoms with E-state index in [1.165, 1.54) is 11.0 Å². The summed E-state index contributed by atoms with van der Waals surface area (Å²) < 4.78 is 23.3. The number of benzene rings is 1. The molecule has 0 bridgehead atoms. The molecule has 7 nitrogen and oxygen atoms in total. The second-order valence-electron chi connectivity index (χ2n) is 5.46. The van der Waals surface area contributed by atoms with Crippen molar-refractivity contribution in [2.45, 2.75) is 37.6 Å². The van der Waals surface area contributed by atoms with Gasteiger partial charge in [-0.05, 0) is 49.9 Å². The van der Waals surface area contributed by atoms with Crippen molar-refractivity contribution < 1.29 is 23.1 Å². The molecular weight excluding hydrogens is 308 g/mol. The lowest BCUT2D eigenvalue weighted by molar-refractivity contribution is -0.141. The average molecular weight is 326 g/mol. The van der Waals surface area contributed by atoms with Gasteiger partial charge in [-0.3, -0.25) is 4.79 Å². The molecule has 1 fully saturated rings. The molecule has 3 N–H and O–H groups in total. The SMILES string of the molecule is Cc1cc(C(=O)N2CCCC2C(=O)O)cc(S(N)(=O)=O)c1C. The Morgan fingerprint density at radius 3 is 2.50 bits per heavy atom. The van der Waals surface area contributed by atoms with Crippen LogP contribution < -0.4 is 5.14 Å². The zero-order chi connectivity index (χ0) is 16.7. The highest BCUT2D eigenvalue weighted by atomic mass is 32.2. The van der Waals surface area contributed by atoms with Gasteiger partial charge in [-0.25, -0.2) is 18.4 Å². The predicted molar refractivity (Wildman–Crippen MR) is 79.0 cm³/mol. The maximum absolute atomic E-state index is 12.5. The summed E-state index contributed by atoms with van der Waals surface area (Å²) in [7, 11) is -3.95. The first kappa shape index (κ1) is 16.4. The largest absolute Gasteiger partial charge is 0.480 e. The number of nitrogens with two attached hydrogens (primary N) is 1. The summed E-state index contributed by atoms with van der Waals surface area (Å²) in [4.78, 5) is 24.9. The molecule has 1 atom stereocenters. The van der Waals surface area contributed by atoms with E-state index in [2.05, 4.69) is 0 Å². The number of carbonyl (C=O) groups is 2. The number of sulfonamides is 1. The molecule has 0 saturated carbocycles. The van der Waals surface area contributed by atoms with Crippen LogP contribution in [0, 0.1) is 13.8 Å². The Labute approximate surface area is 128 Å². The summed E-state index contributed by atoms with van der Waals surface area (Å²) >= 11 is 0. The van der Waals surface area contributed by atoms with Gasteiger partial charge in [-0.15, -0.1) is 0 Å². The Bertz CT molecular complexity index is 742. The smallest absolute Gasteiger partial charge is 0.326 e. The summed E-state index contributed by atoms with van der Waals surface area (Å²) in [5.41, 5.74) is 1.23. The monoisotopic (exact) mass is 326 g/mol. The van der Waals surface area contributed by atoms with Crippen LogP contribution in [0.15, 0.2) is 17.0 Å². The maximum Gasteiger partial charge on any atom is 0.326 e. The van der Waals surface area contributed by atoms with Gasteiger partial charge >= 0.3 is 5.97 Å². The molecule has 1 aromatic rings. The lowest BCUT2D eigenvalue weighted by Gasteiger charge is -2.22. The standard InChI is InChI=1S/C14H18N2O5S/c1-8-6-10(7-12(9(8)2)22(15,20)21)13(17)16-5-3-4-11(16)14(18)19/h6-7,11H,3-5H2,1-2H3,(H,18,19)(H2,15,20,21). The molecule has 1 heterocycles. The van der Waals surface area contributed by atoms with E-state index in [0.29, 0.717) is 30.5 Å². The minimum atomic E-state index is -3.95. The van der Waals surface area contributed by atoms with Gasteiger partial charge in [0.15, 0.2) is 0 Å². The topological polar surface area (TPSA) is 118 Å². The Hall–Kier alpha value is -1.93. The molecule has 1 amide bonds. The number of amides is 1. The van der Waals surface area contributed by atoms with Crippen molar-refractivity contribution in [3.8, 4) is 0 Å². The van der Waals surface area contributed by atoms with Crippen LogP contribution in [0.25, 0.3) is 0 Å². The molecule has 0 aliphatic carbocycles. The molecule has 120 valence electrons. The van der Waals surface area contributed by atoms with Gasteiger partial charge in [-0.1, -0.05) is 0 Å². The minimum Gasteiger partial charge on any atom is -0.480 e. The van der Waals surface area contributed by atoms with E-state index in [4.69, 9.17) is 10.2 Å². The number of aliphatic carboxylic acids is 1. The minimum absolute atomic E-state index is 0.109. The van der Waals surface area contributed by atoms with Crippen LogP contribution in [0.2, 0.25) is 0 Å². The van der Waals surface area contributed by atoms with Crippen LogP contribution in [-0.4, -0.2) is 42.9 Å². The third-order valence-corrected chi connectivity index (χ3v) is 5.01. The number of hydrogen-bond acceptors (Lipinski definition) is 4. The van der Waals surface area contributed by atoms with Gasteiger partial charge in [0, 0.05) is 12.1 Å². The first-order valence-electron chi connectivity index (χ1n) is 6.80. The lowest BCUT2D eigenvalue weighted by Crippen LogP contribution is -2.40. The zero-order valence-electron chi connectivity index (χ0n) is 12.4. The molecule has 22 heavy (non-hydrogen) atoms. The molecule has 1 aromatic carbocycles. The van der Waals surface area contributed by atoms with Crippen LogP contribution in [0.1, 0.15) is 34.3 Å². The Morgan fingerprint density at radius 1 is 1.32 bits per heavy atom. The first-order chi connectivity index (χ1) is 10.1. The Morgan fingerprint density at radius 2 is 1.95 bits per heavy atom. The average Bonchev–Trinajstić information content (AvgIpc) is 2.88. The second kappa shape index (κ2) is 5.69. The summed E-state index contributed by atoms with van der Waals surface area (Å²) in [6, 6.07) is 1.91. The van der Waals surface area contributed by atoms with Crippen molar-refractivity contribution in [3.05, 3.63) is 28.8 Å². The number of aryl methyl sites for hydroxylation is 1. The highest BCUT2D eigenvalue weighted by Gasteiger charge is 2.34. The van der Waals surface area contributed by atoms with Crippen molar-refractivity contribution in [1.29, 1.82) is 0 Å². The molecule has 1 saturated heterocycles. The molecule has 0 spiro atoms. The van der Waals surface area contributed by atoms with E-state index in [-0.39, 0.29) is 10.5 Å². The van der Waals surface area contributed by atoms with E-state index in [1.54, 1.807) is 19.9 Å². The third-order valence-electron chi connectivity index (χ3n) is 3.97. The summed E-state index contributed by atoms with van der Waals surface area (Å²) in [5, 5.41) is 14.3. The van der Waals surface area contributed by atoms with Gasteiger partial charge in [-0.2, -0.15) is 0 Å². The number of likely N-dealkylation sites (tertiary alicyclic amines) is 1. The highest BCUT2D eigenvalue weighted by Crippen LogP contribution is 2.24. The molecule has 1 unspecified atom stereocenters. The van der Waals surface area contributed by atoms with Crippen molar-refractivity contribution in [2.75, 3.05) is 6.54 Å². The van der Waals surface area contributed by atoms with E-state index < -0.39 is 27.9 Å². The van der Waals surface area contributed by atoms with Gasteiger partial charge < -0.3 is 10.0 Å². The number of carbonyl (C=O) groups excluding carboxylic acids is 1. The number of nitrogens with zero attached hydrogens (tertiary/aromatic N) is 1. The van der Waals surface area contributed by atoms with Gasteiger partial charge in [0.1, 0.15) is 6.04 Å². The van der Waals surface area contributed by atoms with Crippen LogP contribution >= 0.6 is 0 Å². The fourth-order valence-corrected chi connectivity index (χ4v) is 3.56. The van der Waals surface area contributed by atoms with E-state index in [9.17, 15) is 18.0 Å². The fourth-order valence-electron chi connectivity index (χ4n) is 2.68. The number of carboxylic acid groups (broad SMARTS) is 1. The molecule has 1 aliphatic heterocycles. The van der Waals surface area contributed by atoms with Crippen molar-refractivity contribution in [2.24, 2.45) is 5.14 Å². The molecular formula is C14H18N2O5S. The molecule has 0 radical (unpaired) electrons. The van der Waals surface area contributed by atoms with Gasteiger partial charge in [0.2, 0.25) is 10.0 Å². The van der Waals surface area contributed by atoms with Crippen LogP contribution in [0.5, 0.6) is 0 Å². The van der Waals surface area contributed by atoms with E-state index in [0.717, 1.165) is 0 Å². The Balaban J connectivity index is 2.47. The molecule has 0 aromatic heterocycles. The van der Waals surface area contributed by atoms with E-state index in [1.807, 2.05) is 0 Å². The number of carboxylic acids is 1. The predicted octanol–water partition coefficient (Wildman–Crippen LogP) is 0.640. The summed E-state index contributed by atoms with van der Waals surface area (Å²) in [6.07, 6.45) is 1.00. The molecule has 8 heteroatoms. The molecule has 1 aliphatic rings. The molecule has 2 rings (SSSR count). The normalized spacial score (nSPS) is 18.5. The van der Waals surface area contributed by atoms with Gasteiger partial charge in [0.05, 0.1) is 4.90 Å². The van der Waals surface area contributed by atoms with Crippen molar-refractivity contribution in [1.82, 2.24) is 4.90 Å². The van der Waals surface area contributed by atoms with Crippen LogP contribution in [0.3, 0.4) is 0 Å². The van der Waals surface area contributed by atoms with Crippen molar-refractivity contribution >= 4 is 21.9 Å². The number of rotatable bonds is 3. The number of hydrogen-bond donors (Lipinski definition) is 2. The first-order valence-corrected chi connectivity index (χ1v) is 8.35. The fraction of sp³-hybridized carbons (Fsp3) is 0.429. The number of primary sulfonamides is 1. The van der Waals surface area contributed by atoms with Crippen LogP contribution in [-0.2, 0) is 14.8 Å².